The molecule has 4 fully saturated rings. The van der Waals surface area contributed by atoms with Crippen LogP contribution in [-0.2, 0) is 29.1 Å². The highest BCUT2D eigenvalue weighted by Crippen LogP contribution is 2.45. The van der Waals surface area contributed by atoms with Crippen LogP contribution >= 0.6 is 0 Å². The zero-order valence-electron chi connectivity index (χ0n) is 28.6. The predicted octanol–water partition coefficient (Wildman–Crippen LogP) is 3.73. The molecule has 272 valence electrons. The van der Waals surface area contributed by atoms with Gasteiger partial charge in [0.15, 0.2) is 0 Å². The number of aromatic nitrogens is 1. The topological polar surface area (TPSA) is 173 Å². The van der Waals surface area contributed by atoms with Crippen LogP contribution < -0.4 is 20.1 Å². The third kappa shape index (κ3) is 7.46. The lowest BCUT2D eigenvalue weighted by molar-refractivity contribution is -0.142. The van der Waals surface area contributed by atoms with Crippen LogP contribution in [0, 0.1) is 11.8 Å². The number of ether oxygens (including phenoxy) is 2. The largest absolute Gasteiger partial charge is 0.472 e. The van der Waals surface area contributed by atoms with E-state index in [2.05, 4.69) is 26.9 Å². The number of carbonyl (C=O) groups excluding carboxylic acids is 4. The van der Waals surface area contributed by atoms with Gasteiger partial charge >= 0.3 is 6.09 Å². The van der Waals surface area contributed by atoms with E-state index in [1.165, 1.54) is 11.0 Å². The lowest BCUT2D eigenvalue weighted by Crippen LogP contribution is -2.59. The Morgan fingerprint density at radius 3 is 2.63 bits per heavy atom. The smallest absolute Gasteiger partial charge is 0.407 e. The van der Waals surface area contributed by atoms with Crippen molar-refractivity contribution < 1.29 is 37.1 Å². The highest BCUT2D eigenvalue weighted by atomic mass is 32.2. The van der Waals surface area contributed by atoms with Gasteiger partial charge in [0.05, 0.1) is 18.4 Å². The van der Waals surface area contributed by atoms with Crippen molar-refractivity contribution in [3.8, 4) is 5.88 Å². The SMILES string of the molecule is C=C[C@@H]1CC1(NC(=O)[C@@H]1C[C@@H]2CN1C(=O)[C@H](C1CCCCC1)NC(=O)OCCC/C=C/c1ccc3ccnc(c3c1)O2)C(=O)NS(=O)(=O)C1CC1. The fourth-order valence-corrected chi connectivity index (χ4v) is 9.05. The van der Waals surface area contributed by atoms with E-state index in [0.29, 0.717) is 31.6 Å². The van der Waals surface area contributed by atoms with Crippen LogP contribution in [0.2, 0.25) is 0 Å². The molecule has 3 aliphatic carbocycles. The Balaban J connectivity index is 1.21. The first kappa shape index (κ1) is 35.0. The van der Waals surface area contributed by atoms with Crippen molar-refractivity contribution in [3.63, 3.8) is 0 Å². The molecular weight excluding hydrogens is 675 g/mol. The lowest BCUT2D eigenvalue weighted by Gasteiger charge is -2.34. The van der Waals surface area contributed by atoms with Crippen molar-refractivity contribution >= 4 is 50.7 Å². The van der Waals surface area contributed by atoms with E-state index in [4.69, 9.17) is 9.47 Å². The van der Waals surface area contributed by atoms with E-state index in [9.17, 15) is 27.6 Å². The van der Waals surface area contributed by atoms with Crippen LogP contribution in [0.3, 0.4) is 0 Å². The lowest BCUT2D eigenvalue weighted by atomic mass is 9.83. The zero-order chi connectivity index (χ0) is 35.8. The standard InChI is InChI=1S/C37H45N5O8S/c1-2-26-21-37(26,35(45)41-51(47,48)28-14-15-28)40-32(43)30-20-27-22-42(30)34(44)31(25-10-6-3-7-11-25)39-36(46)49-18-8-4-5-9-23-12-13-24-16-17-38-33(50-27)29(24)19-23/h2,5,9,12-13,16-17,19,25-28,30-31H,1,3-4,6-8,10-11,14-15,18,20-22H2,(H,39,46)(H,40,43)(H,41,45)/b9-5+/t26-,27-,30+,31+,37?/m1/s1. The number of hydrogen-bond acceptors (Lipinski definition) is 9. The number of benzene rings is 1. The average Bonchev–Trinajstić information content (AvgIpc) is 4.05. The van der Waals surface area contributed by atoms with E-state index in [0.717, 1.165) is 48.4 Å². The van der Waals surface area contributed by atoms with Crippen molar-refractivity contribution in [2.24, 2.45) is 11.8 Å². The van der Waals surface area contributed by atoms with Crippen LogP contribution in [0.25, 0.3) is 16.8 Å². The molecule has 3 heterocycles. The van der Waals surface area contributed by atoms with Crippen molar-refractivity contribution in [2.75, 3.05) is 13.2 Å². The average molecular weight is 720 g/mol. The molecule has 0 radical (unpaired) electrons. The third-order valence-corrected chi connectivity index (χ3v) is 12.7. The number of fused-ring (bicyclic) bond motifs is 3. The minimum atomic E-state index is -3.88. The highest BCUT2D eigenvalue weighted by Gasteiger charge is 2.62. The molecule has 14 heteroatoms. The summed E-state index contributed by atoms with van der Waals surface area (Å²) in [6.07, 6.45) is 12.6. The molecule has 5 aliphatic rings. The van der Waals surface area contributed by atoms with Crippen LogP contribution in [0.4, 0.5) is 4.79 Å². The van der Waals surface area contributed by atoms with Crippen molar-refractivity contribution in [1.29, 1.82) is 0 Å². The minimum absolute atomic E-state index is 0.0225. The summed E-state index contributed by atoms with van der Waals surface area (Å²) in [5.41, 5.74) is -0.587. The fourth-order valence-electron chi connectivity index (χ4n) is 7.69. The molecule has 1 aromatic carbocycles. The molecule has 4 bridgehead atoms. The summed E-state index contributed by atoms with van der Waals surface area (Å²) >= 11 is 0. The Hall–Kier alpha value is -4.46. The van der Waals surface area contributed by atoms with Gasteiger partial charge < -0.3 is 25.0 Å². The number of allylic oxidation sites excluding steroid dienone is 1. The number of cyclic esters (lactones) is 1. The molecule has 3 N–H and O–H groups in total. The molecule has 0 spiro atoms. The van der Waals surface area contributed by atoms with E-state index in [1.54, 1.807) is 6.20 Å². The van der Waals surface area contributed by atoms with Gasteiger partial charge in [0.25, 0.3) is 5.91 Å². The quantitative estimate of drug-likeness (QED) is 0.361. The first-order valence-electron chi connectivity index (χ1n) is 18.0. The van der Waals surface area contributed by atoms with Crippen LogP contribution in [-0.4, -0.2) is 84.2 Å². The number of hydrogen-bond donors (Lipinski definition) is 3. The molecule has 1 unspecified atom stereocenters. The van der Waals surface area contributed by atoms with Gasteiger partial charge in [-0.1, -0.05) is 49.6 Å². The van der Waals surface area contributed by atoms with E-state index in [-0.39, 0.29) is 31.9 Å². The fraction of sp³-hybridized carbons (Fsp3) is 0.541. The molecule has 51 heavy (non-hydrogen) atoms. The molecule has 3 saturated carbocycles. The summed E-state index contributed by atoms with van der Waals surface area (Å²) in [6, 6.07) is 5.80. The van der Waals surface area contributed by atoms with Crippen molar-refractivity contribution in [3.05, 3.63) is 54.8 Å². The molecule has 1 aromatic heterocycles. The van der Waals surface area contributed by atoms with Gasteiger partial charge in [-0.2, -0.15) is 0 Å². The second-order valence-corrected chi connectivity index (χ2v) is 16.4. The van der Waals surface area contributed by atoms with Crippen LogP contribution in [0.1, 0.15) is 76.2 Å². The summed E-state index contributed by atoms with van der Waals surface area (Å²) in [7, 11) is -3.88. The van der Waals surface area contributed by atoms with Gasteiger partial charge in [0.1, 0.15) is 23.7 Å². The second-order valence-electron chi connectivity index (χ2n) is 14.5. The molecule has 4 amide bonds. The maximum Gasteiger partial charge on any atom is 0.407 e. The number of nitrogens with one attached hydrogen (secondary N) is 3. The van der Waals surface area contributed by atoms with Gasteiger partial charge in [-0.25, -0.2) is 18.2 Å². The summed E-state index contributed by atoms with van der Waals surface area (Å²) in [6.45, 7) is 3.98. The summed E-state index contributed by atoms with van der Waals surface area (Å²) in [5.74, 6) is -2.16. The molecule has 7 rings (SSSR count). The number of amides is 4. The molecule has 2 aliphatic heterocycles. The Morgan fingerprint density at radius 1 is 1.08 bits per heavy atom. The Morgan fingerprint density at radius 2 is 1.88 bits per heavy atom. The number of carbonyl (C=O) groups is 4. The molecular formula is C37H45N5O8S. The highest BCUT2D eigenvalue weighted by molar-refractivity contribution is 7.91. The number of sulfonamides is 1. The normalized spacial score (nSPS) is 29.5. The number of nitrogens with zero attached hydrogens (tertiary/aromatic N) is 2. The predicted molar refractivity (Wildman–Crippen MR) is 189 cm³/mol. The minimum Gasteiger partial charge on any atom is -0.472 e. The van der Waals surface area contributed by atoms with Gasteiger partial charge in [-0.3, -0.25) is 19.1 Å². The van der Waals surface area contributed by atoms with E-state index >= 15 is 0 Å². The molecule has 13 nitrogen and oxygen atoms in total. The summed E-state index contributed by atoms with van der Waals surface area (Å²) < 4.78 is 39.6. The Labute approximate surface area is 297 Å². The van der Waals surface area contributed by atoms with Gasteiger partial charge in [-0.05, 0) is 73.9 Å². The van der Waals surface area contributed by atoms with Crippen LogP contribution in [0.15, 0.2) is 49.2 Å². The van der Waals surface area contributed by atoms with Crippen LogP contribution in [0.5, 0.6) is 5.88 Å². The summed E-state index contributed by atoms with van der Waals surface area (Å²) in [5, 5.41) is 6.74. The Kier molecular flexibility index (Phi) is 9.79. The molecule has 1 saturated heterocycles. The maximum atomic E-state index is 14.6. The number of rotatable bonds is 7. The molecule has 5 atom stereocenters. The first-order valence-corrected chi connectivity index (χ1v) is 19.6. The van der Waals surface area contributed by atoms with Gasteiger partial charge in [0, 0.05) is 23.9 Å². The molecule has 2 aromatic rings. The first-order chi connectivity index (χ1) is 24.6. The third-order valence-electron chi connectivity index (χ3n) is 10.8. The Bertz CT molecular complexity index is 1860. The van der Waals surface area contributed by atoms with Gasteiger partial charge in [-0.15, -0.1) is 6.58 Å². The summed E-state index contributed by atoms with van der Waals surface area (Å²) in [4.78, 5) is 61.4. The van der Waals surface area contributed by atoms with E-state index < -0.39 is 68.7 Å². The maximum absolute atomic E-state index is 14.6. The zero-order valence-corrected chi connectivity index (χ0v) is 29.4. The monoisotopic (exact) mass is 719 g/mol. The number of alkyl carbamates (subject to hydrolysis) is 1. The van der Waals surface area contributed by atoms with Crippen molar-refractivity contribution in [1.82, 2.24) is 25.2 Å². The second kappa shape index (κ2) is 14.3. The van der Waals surface area contributed by atoms with E-state index in [1.807, 2.05) is 36.4 Å². The van der Waals surface area contributed by atoms with Gasteiger partial charge in [0.2, 0.25) is 27.7 Å². The van der Waals surface area contributed by atoms with Crippen molar-refractivity contribution in [2.45, 2.75) is 99.6 Å². The number of pyridine rings is 1.